The van der Waals surface area contributed by atoms with Gasteiger partial charge < -0.3 is 4.90 Å². The molecule has 0 spiro atoms. The van der Waals surface area contributed by atoms with E-state index < -0.39 is 0 Å². The Morgan fingerprint density at radius 2 is 2.50 bits per heavy atom. The molecular formula is C6H11NS. The first-order valence-corrected chi connectivity index (χ1v) is 3.53. The van der Waals surface area contributed by atoms with Crippen LogP contribution >= 0.6 is 12.2 Å². The maximum atomic E-state index is 5.07. The molecule has 1 saturated heterocycles. The molecule has 1 fully saturated rings. The molecule has 1 heterocycles. The first-order chi connectivity index (χ1) is 3.84. The summed E-state index contributed by atoms with van der Waals surface area (Å²) in [5.74, 6) is 0. The maximum absolute atomic E-state index is 5.07. The lowest BCUT2D eigenvalue weighted by atomic mass is 10.4. The van der Waals surface area contributed by atoms with Crippen molar-refractivity contribution in [3.8, 4) is 0 Å². The quantitative estimate of drug-likeness (QED) is 0.493. The molecule has 0 aromatic carbocycles. The van der Waals surface area contributed by atoms with Gasteiger partial charge in [-0.1, -0.05) is 12.2 Å². The monoisotopic (exact) mass is 129 g/mol. The number of nitrogens with zero attached hydrogens (tertiary/aromatic N) is 1. The fourth-order valence-electron chi connectivity index (χ4n) is 1.04. The van der Waals surface area contributed by atoms with Crippen LogP contribution in [-0.2, 0) is 0 Å². The van der Waals surface area contributed by atoms with Crippen LogP contribution < -0.4 is 0 Å². The average Bonchev–Trinajstić information content (AvgIpc) is 2.14. The van der Waals surface area contributed by atoms with Gasteiger partial charge in [-0.2, -0.15) is 0 Å². The lowest BCUT2D eigenvalue weighted by Gasteiger charge is -2.13. The predicted molar refractivity (Wildman–Crippen MR) is 39.1 cm³/mol. The van der Waals surface area contributed by atoms with Crippen molar-refractivity contribution >= 4 is 17.2 Å². The van der Waals surface area contributed by atoms with Crippen molar-refractivity contribution in [3.63, 3.8) is 0 Å². The minimum Gasteiger partial charge on any atom is -0.366 e. The number of rotatable bonds is 1. The first kappa shape index (κ1) is 6.02. The second-order valence-corrected chi connectivity index (χ2v) is 2.55. The fourth-order valence-corrected chi connectivity index (χ4v) is 1.40. The second-order valence-electron chi connectivity index (χ2n) is 2.08. The SMILES string of the molecule is CCN1CCCC1=S. The predicted octanol–water partition coefficient (Wildman–Crippen LogP) is 1.43. The van der Waals surface area contributed by atoms with E-state index in [1.807, 2.05) is 0 Å². The van der Waals surface area contributed by atoms with Gasteiger partial charge in [0.15, 0.2) is 0 Å². The molecule has 0 atom stereocenters. The summed E-state index contributed by atoms with van der Waals surface area (Å²) in [6.07, 6.45) is 2.41. The van der Waals surface area contributed by atoms with Crippen molar-refractivity contribution in [3.05, 3.63) is 0 Å². The van der Waals surface area contributed by atoms with Gasteiger partial charge in [0.25, 0.3) is 0 Å². The van der Waals surface area contributed by atoms with Crippen molar-refractivity contribution in [2.24, 2.45) is 0 Å². The summed E-state index contributed by atoms with van der Waals surface area (Å²) in [5.41, 5.74) is 0. The minimum absolute atomic E-state index is 1.10. The van der Waals surface area contributed by atoms with Crippen LogP contribution in [0.25, 0.3) is 0 Å². The van der Waals surface area contributed by atoms with Crippen molar-refractivity contribution in [1.29, 1.82) is 0 Å². The van der Waals surface area contributed by atoms with Crippen LogP contribution in [0.5, 0.6) is 0 Å². The molecule has 1 aliphatic rings. The molecule has 0 aromatic rings. The number of thiocarbonyl (C=S) groups is 1. The molecule has 0 bridgehead atoms. The molecule has 1 rings (SSSR count). The molecule has 2 heteroatoms. The van der Waals surface area contributed by atoms with Crippen LogP contribution in [-0.4, -0.2) is 23.0 Å². The zero-order chi connectivity index (χ0) is 5.98. The highest BCUT2D eigenvalue weighted by molar-refractivity contribution is 7.80. The van der Waals surface area contributed by atoms with Gasteiger partial charge in [-0.15, -0.1) is 0 Å². The maximum Gasteiger partial charge on any atom is 0.0779 e. The van der Waals surface area contributed by atoms with Crippen LogP contribution in [0.3, 0.4) is 0 Å². The van der Waals surface area contributed by atoms with Gasteiger partial charge in [0.05, 0.1) is 4.99 Å². The van der Waals surface area contributed by atoms with Crippen LogP contribution in [0.1, 0.15) is 19.8 Å². The Balaban J connectivity index is 2.42. The zero-order valence-corrected chi connectivity index (χ0v) is 6.00. The minimum atomic E-state index is 1.10. The lowest BCUT2D eigenvalue weighted by molar-refractivity contribution is 0.485. The summed E-state index contributed by atoms with van der Waals surface area (Å²) < 4.78 is 0. The molecule has 0 N–H and O–H groups in total. The van der Waals surface area contributed by atoms with E-state index in [1.54, 1.807) is 0 Å². The van der Waals surface area contributed by atoms with Crippen LogP contribution in [0.2, 0.25) is 0 Å². The molecule has 0 radical (unpaired) electrons. The van der Waals surface area contributed by atoms with Crippen molar-refractivity contribution < 1.29 is 0 Å². The van der Waals surface area contributed by atoms with Crippen molar-refractivity contribution in [1.82, 2.24) is 4.90 Å². The highest BCUT2D eigenvalue weighted by Gasteiger charge is 2.12. The molecule has 0 aliphatic carbocycles. The standard InChI is InChI=1S/C6H11NS/c1-2-7-5-3-4-6(7)8/h2-5H2,1H3. The van der Waals surface area contributed by atoms with Crippen LogP contribution in [0.15, 0.2) is 0 Å². The topological polar surface area (TPSA) is 3.24 Å². The molecule has 46 valence electrons. The van der Waals surface area contributed by atoms with E-state index in [0.717, 1.165) is 18.0 Å². The summed E-state index contributed by atoms with van der Waals surface area (Å²) >= 11 is 5.07. The molecule has 1 nitrogen and oxygen atoms in total. The first-order valence-electron chi connectivity index (χ1n) is 3.12. The van der Waals surface area contributed by atoms with Crippen LogP contribution in [0, 0.1) is 0 Å². The zero-order valence-electron chi connectivity index (χ0n) is 5.18. The molecule has 8 heavy (non-hydrogen) atoms. The van der Waals surface area contributed by atoms with E-state index >= 15 is 0 Å². The smallest absolute Gasteiger partial charge is 0.0779 e. The average molecular weight is 129 g/mol. The Morgan fingerprint density at radius 1 is 1.75 bits per heavy atom. The van der Waals surface area contributed by atoms with E-state index in [0.29, 0.717) is 0 Å². The van der Waals surface area contributed by atoms with Crippen molar-refractivity contribution in [2.45, 2.75) is 19.8 Å². The van der Waals surface area contributed by atoms with Gasteiger partial charge in [-0.25, -0.2) is 0 Å². The largest absolute Gasteiger partial charge is 0.366 e. The van der Waals surface area contributed by atoms with E-state index in [1.165, 1.54) is 13.0 Å². The second kappa shape index (κ2) is 2.44. The Morgan fingerprint density at radius 3 is 2.75 bits per heavy atom. The normalized spacial score (nSPS) is 20.1. The van der Waals surface area contributed by atoms with Gasteiger partial charge in [0.1, 0.15) is 0 Å². The molecule has 0 unspecified atom stereocenters. The highest BCUT2D eigenvalue weighted by atomic mass is 32.1. The van der Waals surface area contributed by atoms with Gasteiger partial charge in [-0.05, 0) is 19.8 Å². The molecular weight excluding hydrogens is 118 g/mol. The number of likely N-dealkylation sites (tertiary alicyclic amines) is 1. The summed E-state index contributed by atoms with van der Waals surface area (Å²) in [5, 5.41) is 0. The van der Waals surface area contributed by atoms with Gasteiger partial charge in [-0.3, -0.25) is 0 Å². The molecule has 1 aliphatic heterocycles. The third-order valence-electron chi connectivity index (χ3n) is 1.55. The number of hydrogen-bond donors (Lipinski definition) is 0. The summed E-state index contributed by atoms with van der Waals surface area (Å²) in [6, 6.07) is 0. The lowest BCUT2D eigenvalue weighted by Crippen LogP contribution is -2.22. The van der Waals surface area contributed by atoms with Crippen molar-refractivity contribution in [2.75, 3.05) is 13.1 Å². The van der Waals surface area contributed by atoms with Gasteiger partial charge in [0, 0.05) is 13.1 Å². The third-order valence-corrected chi connectivity index (χ3v) is 2.02. The number of hydrogen-bond acceptors (Lipinski definition) is 1. The molecule has 0 saturated carbocycles. The Bertz CT molecular complexity index is 101. The Labute approximate surface area is 55.7 Å². The fraction of sp³-hybridized carbons (Fsp3) is 0.833. The summed E-state index contributed by atoms with van der Waals surface area (Å²) in [4.78, 5) is 3.42. The third kappa shape index (κ3) is 0.996. The van der Waals surface area contributed by atoms with E-state index in [9.17, 15) is 0 Å². The van der Waals surface area contributed by atoms with Gasteiger partial charge in [0.2, 0.25) is 0 Å². The van der Waals surface area contributed by atoms with E-state index in [-0.39, 0.29) is 0 Å². The van der Waals surface area contributed by atoms with E-state index in [4.69, 9.17) is 12.2 Å². The summed E-state index contributed by atoms with van der Waals surface area (Å²) in [6.45, 7) is 4.44. The highest BCUT2D eigenvalue weighted by Crippen LogP contribution is 2.09. The van der Waals surface area contributed by atoms with Gasteiger partial charge >= 0.3 is 0 Å². The van der Waals surface area contributed by atoms with Crippen LogP contribution in [0.4, 0.5) is 0 Å². The molecule has 0 amide bonds. The summed E-state index contributed by atoms with van der Waals surface area (Å²) in [7, 11) is 0. The molecule has 0 aromatic heterocycles. The Hall–Kier alpha value is -0.110. The van der Waals surface area contributed by atoms with E-state index in [2.05, 4.69) is 11.8 Å². The Kier molecular flexibility index (Phi) is 1.84.